The summed E-state index contributed by atoms with van der Waals surface area (Å²) in [5, 5.41) is 2.98. The first kappa shape index (κ1) is 15.5. The summed E-state index contributed by atoms with van der Waals surface area (Å²) in [6, 6.07) is 7.69. The summed E-state index contributed by atoms with van der Waals surface area (Å²) < 4.78 is 5.14. The number of hydrogen-bond donors (Lipinski definition) is 1. The predicted octanol–water partition coefficient (Wildman–Crippen LogP) is 2.01. The number of methoxy groups -OCH3 is 1. The van der Waals surface area contributed by atoms with E-state index in [9.17, 15) is 4.79 Å². The molecule has 0 saturated heterocycles. The number of nitrogens with zero attached hydrogens (tertiary/aromatic N) is 2. The Balaban J connectivity index is 1.70. The Labute approximate surface area is 136 Å². The van der Waals surface area contributed by atoms with Crippen LogP contribution in [0.5, 0.6) is 5.75 Å². The number of aromatic nitrogens is 1. The molecular weight excluding hydrogens is 290 g/mol. The van der Waals surface area contributed by atoms with Crippen molar-refractivity contribution in [2.75, 3.05) is 20.7 Å². The Morgan fingerprint density at radius 1 is 1.30 bits per heavy atom. The Kier molecular flexibility index (Phi) is 4.57. The number of fused-ring (bicyclic) bond motifs is 1. The molecule has 5 nitrogen and oxygen atoms in total. The fourth-order valence-corrected chi connectivity index (χ4v) is 2.85. The molecule has 1 amide bonds. The molecule has 1 aliphatic rings. The fraction of sp³-hybridized carbons (Fsp3) is 0.333. The molecular formula is C18H21N3O2. The van der Waals surface area contributed by atoms with Gasteiger partial charge in [-0.25, -0.2) is 0 Å². The predicted molar refractivity (Wildman–Crippen MR) is 88.4 cm³/mol. The van der Waals surface area contributed by atoms with Crippen molar-refractivity contribution in [3.63, 3.8) is 0 Å². The van der Waals surface area contributed by atoms with E-state index in [0.717, 1.165) is 42.0 Å². The summed E-state index contributed by atoms with van der Waals surface area (Å²) in [6.45, 7) is 2.31. The highest BCUT2D eigenvalue weighted by atomic mass is 16.5. The average Bonchev–Trinajstić information content (AvgIpc) is 2.59. The lowest BCUT2D eigenvalue weighted by molar-refractivity contribution is 0.0948. The van der Waals surface area contributed by atoms with Gasteiger partial charge < -0.3 is 15.0 Å². The van der Waals surface area contributed by atoms with Crippen molar-refractivity contribution < 1.29 is 9.53 Å². The lowest BCUT2D eigenvalue weighted by Crippen LogP contribution is -2.30. The molecule has 1 aliphatic heterocycles. The van der Waals surface area contributed by atoms with Crippen LogP contribution in [0.3, 0.4) is 0 Å². The highest BCUT2D eigenvalue weighted by molar-refractivity contribution is 5.95. The van der Waals surface area contributed by atoms with Crippen LogP contribution in [0.4, 0.5) is 0 Å². The van der Waals surface area contributed by atoms with Gasteiger partial charge in [0.1, 0.15) is 5.75 Å². The van der Waals surface area contributed by atoms with E-state index in [1.807, 2.05) is 30.5 Å². The molecule has 5 heteroatoms. The Morgan fingerprint density at radius 3 is 2.83 bits per heavy atom. The van der Waals surface area contributed by atoms with Crippen LogP contribution in [0, 0.1) is 0 Å². The van der Waals surface area contributed by atoms with Crippen molar-refractivity contribution in [1.82, 2.24) is 15.2 Å². The molecule has 0 saturated carbocycles. The molecule has 0 fully saturated rings. The van der Waals surface area contributed by atoms with Crippen LogP contribution in [-0.2, 0) is 19.5 Å². The second kappa shape index (κ2) is 6.79. The van der Waals surface area contributed by atoms with Gasteiger partial charge in [0.25, 0.3) is 5.91 Å². The molecule has 3 rings (SSSR count). The number of amides is 1. The minimum absolute atomic E-state index is 0.0604. The molecule has 0 radical (unpaired) electrons. The molecule has 1 aromatic heterocycles. The zero-order valence-electron chi connectivity index (χ0n) is 13.5. The topological polar surface area (TPSA) is 54.5 Å². The summed E-state index contributed by atoms with van der Waals surface area (Å²) >= 11 is 0. The van der Waals surface area contributed by atoms with Gasteiger partial charge >= 0.3 is 0 Å². The highest BCUT2D eigenvalue weighted by Crippen LogP contribution is 2.20. The maximum atomic E-state index is 12.5. The minimum Gasteiger partial charge on any atom is -0.497 e. The summed E-state index contributed by atoms with van der Waals surface area (Å²) in [4.78, 5) is 19.0. The number of likely N-dealkylation sites (N-methyl/N-ethyl adjacent to an activating group) is 1. The first-order valence-electron chi connectivity index (χ1n) is 7.73. The van der Waals surface area contributed by atoms with E-state index in [0.29, 0.717) is 12.1 Å². The van der Waals surface area contributed by atoms with Crippen LogP contribution in [0.2, 0.25) is 0 Å². The second-order valence-electron chi connectivity index (χ2n) is 5.84. The van der Waals surface area contributed by atoms with E-state index in [1.165, 1.54) is 0 Å². The third-order valence-electron chi connectivity index (χ3n) is 4.19. The molecule has 23 heavy (non-hydrogen) atoms. The van der Waals surface area contributed by atoms with Crippen molar-refractivity contribution in [3.8, 4) is 5.75 Å². The molecule has 2 heterocycles. The largest absolute Gasteiger partial charge is 0.497 e. The fourth-order valence-electron chi connectivity index (χ4n) is 2.85. The summed E-state index contributed by atoms with van der Waals surface area (Å²) in [5.41, 5.74) is 4.02. The third kappa shape index (κ3) is 3.51. The van der Waals surface area contributed by atoms with Crippen LogP contribution in [-0.4, -0.2) is 36.5 Å². The van der Waals surface area contributed by atoms with Crippen LogP contribution in [0.15, 0.2) is 36.7 Å². The van der Waals surface area contributed by atoms with Crippen LogP contribution < -0.4 is 10.1 Å². The number of hydrogen-bond acceptors (Lipinski definition) is 4. The second-order valence-corrected chi connectivity index (χ2v) is 5.84. The molecule has 0 bridgehead atoms. The van der Waals surface area contributed by atoms with Gasteiger partial charge in [0.05, 0.1) is 12.7 Å². The van der Waals surface area contributed by atoms with Crippen molar-refractivity contribution in [2.24, 2.45) is 0 Å². The molecule has 0 atom stereocenters. The third-order valence-corrected chi connectivity index (χ3v) is 4.19. The van der Waals surface area contributed by atoms with Gasteiger partial charge in [0.2, 0.25) is 0 Å². The monoisotopic (exact) mass is 311 g/mol. The molecule has 120 valence electrons. The number of nitrogens with one attached hydrogen (secondary N) is 1. The SMILES string of the molecule is COc1ccc(CNC(=O)c2cncc3c2CCN(C)C3)cc1. The zero-order valence-corrected chi connectivity index (χ0v) is 13.5. The molecule has 2 aromatic rings. The maximum absolute atomic E-state index is 12.5. The molecule has 0 unspecified atom stereocenters. The summed E-state index contributed by atoms with van der Waals surface area (Å²) in [7, 11) is 3.72. The van der Waals surface area contributed by atoms with Gasteiger partial charge in [-0.15, -0.1) is 0 Å². The Bertz CT molecular complexity index is 698. The van der Waals surface area contributed by atoms with Gasteiger partial charge in [0, 0.05) is 32.0 Å². The van der Waals surface area contributed by atoms with Gasteiger partial charge in [-0.3, -0.25) is 9.78 Å². The van der Waals surface area contributed by atoms with E-state index >= 15 is 0 Å². The average molecular weight is 311 g/mol. The number of carbonyl (C=O) groups excluding carboxylic acids is 1. The number of benzene rings is 1. The Hall–Kier alpha value is -2.40. The molecule has 0 spiro atoms. The normalized spacial score (nSPS) is 14.2. The standard InChI is InChI=1S/C18H21N3O2/c1-21-8-7-16-14(12-21)10-19-11-17(16)18(22)20-9-13-3-5-15(23-2)6-4-13/h3-6,10-11H,7-9,12H2,1-2H3,(H,20,22). The van der Waals surface area contributed by atoms with Gasteiger partial charge in [-0.1, -0.05) is 12.1 Å². The van der Waals surface area contributed by atoms with E-state index in [-0.39, 0.29) is 5.91 Å². The molecule has 1 aromatic carbocycles. The minimum atomic E-state index is -0.0604. The van der Waals surface area contributed by atoms with Crippen molar-refractivity contribution in [3.05, 3.63) is 58.9 Å². The van der Waals surface area contributed by atoms with Gasteiger partial charge in [-0.05, 0) is 42.3 Å². The summed E-state index contributed by atoms with van der Waals surface area (Å²) in [5.74, 6) is 0.750. The van der Waals surface area contributed by atoms with E-state index in [4.69, 9.17) is 4.74 Å². The number of ether oxygens (including phenoxy) is 1. The first-order valence-corrected chi connectivity index (χ1v) is 7.73. The lowest BCUT2D eigenvalue weighted by Gasteiger charge is -2.26. The van der Waals surface area contributed by atoms with E-state index in [1.54, 1.807) is 13.3 Å². The quantitative estimate of drug-likeness (QED) is 0.938. The van der Waals surface area contributed by atoms with Crippen molar-refractivity contribution in [1.29, 1.82) is 0 Å². The number of carbonyl (C=O) groups is 1. The first-order chi connectivity index (χ1) is 11.2. The maximum Gasteiger partial charge on any atom is 0.253 e. The van der Waals surface area contributed by atoms with Crippen LogP contribution in [0.1, 0.15) is 27.0 Å². The van der Waals surface area contributed by atoms with E-state index < -0.39 is 0 Å². The summed E-state index contributed by atoms with van der Waals surface area (Å²) in [6.07, 6.45) is 4.43. The smallest absolute Gasteiger partial charge is 0.253 e. The van der Waals surface area contributed by atoms with E-state index in [2.05, 4.69) is 22.2 Å². The van der Waals surface area contributed by atoms with Crippen LogP contribution >= 0.6 is 0 Å². The number of pyridine rings is 1. The zero-order chi connectivity index (χ0) is 16.2. The van der Waals surface area contributed by atoms with Crippen molar-refractivity contribution >= 4 is 5.91 Å². The van der Waals surface area contributed by atoms with Crippen molar-refractivity contribution in [2.45, 2.75) is 19.5 Å². The number of rotatable bonds is 4. The van der Waals surface area contributed by atoms with Crippen LogP contribution in [0.25, 0.3) is 0 Å². The molecule has 0 aliphatic carbocycles. The molecule has 1 N–H and O–H groups in total. The highest BCUT2D eigenvalue weighted by Gasteiger charge is 2.20. The lowest BCUT2D eigenvalue weighted by atomic mass is 9.97. The Morgan fingerprint density at radius 2 is 2.09 bits per heavy atom. The van der Waals surface area contributed by atoms with Gasteiger partial charge in [0.15, 0.2) is 0 Å². The van der Waals surface area contributed by atoms with Gasteiger partial charge in [-0.2, -0.15) is 0 Å².